The first-order chi connectivity index (χ1) is 10.9. The molecule has 0 aliphatic carbocycles. The first-order valence-corrected chi connectivity index (χ1v) is 8.47. The van der Waals surface area contributed by atoms with Gasteiger partial charge in [0.05, 0.1) is 18.8 Å². The Morgan fingerprint density at radius 2 is 1.96 bits per heavy atom. The number of rotatable bonds is 6. The van der Waals surface area contributed by atoms with Crippen molar-refractivity contribution in [3.8, 4) is 5.75 Å². The molecule has 1 aromatic carbocycles. The Morgan fingerprint density at radius 3 is 2.57 bits per heavy atom. The molecule has 0 bridgehead atoms. The monoisotopic (exact) mass is 319 g/mol. The summed E-state index contributed by atoms with van der Waals surface area (Å²) in [5, 5.41) is 0. The highest BCUT2D eigenvalue weighted by Crippen LogP contribution is 2.38. The van der Waals surface area contributed by atoms with E-state index in [1.54, 1.807) is 0 Å². The average Bonchev–Trinajstić information content (AvgIpc) is 2.45. The number of carbonyl (C=O) groups excluding carboxylic acids is 1. The standard InChI is InChI=1S/C18H29N3O2/c1-5-9-20(10-6-2)17(22)12-21-13-18(3,4)23-16-11-14(19)7-8-15(16)21/h7-8,11H,5-6,9-10,12-13,19H2,1-4H3. The van der Waals surface area contributed by atoms with Crippen molar-refractivity contribution in [1.29, 1.82) is 0 Å². The van der Waals surface area contributed by atoms with E-state index in [1.807, 2.05) is 36.9 Å². The molecule has 0 unspecified atom stereocenters. The number of nitrogens with zero attached hydrogens (tertiary/aromatic N) is 2. The van der Waals surface area contributed by atoms with Crippen molar-refractivity contribution in [2.75, 3.05) is 36.8 Å². The SMILES string of the molecule is CCCN(CCC)C(=O)CN1CC(C)(C)Oc2cc(N)ccc21. The van der Waals surface area contributed by atoms with Crippen molar-refractivity contribution >= 4 is 17.3 Å². The van der Waals surface area contributed by atoms with Crippen molar-refractivity contribution < 1.29 is 9.53 Å². The lowest BCUT2D eigenvalue weighted by Gasteiger charge is -2.41. The van der Waals surface area contributed by atoms with E-state index in [0.29, 0.717) is 18.8 Å². The molecule has 23 heavy (non-hydrogen) atoms. The number of fused-ring (bicyclic) bond motifs is 1. The molecule has 1 aliphatic rings. The van der Waals surface area contributed by atoms with Gasteiger partial charge in [0.1, 0.15) is 11.4 Å². The fraction of sp³-hybridized carbons (Fsp3) is 0.611. The average molecular weight is 319 g/mol. The Balaban J connectivity index is 2.20. The molecule has 1 amide bonds. The van der Waals surface area contributed by atoms with Crippen molar-refractivity contribution in [2.24, 2.45) is 0 Å². The van der Waals surface area contributed by atoms with Crippen molar-refractivity contribution in [3.63, 3.8) is 0 Å². The second-order valence-corrected chi connectivity index (χ2v) is 6.83. The Hall–Kier alpha value is -1.91. The zero-order valence-corrected chi connectivity index (χ0v) is 14.8. The van der Waals surface area contributed by atoms with Crippen LogP contribution >= 0.6 is 0 Å². The smallest absolute Gasteiger partial charge is 0.242 e. The van der Waals surface area contributed by atoms with Gasteiger partial charge in [-0.25, -0.2) is 0 Å². The van der Waals surface area contributed by atoms with Gasteiger partial charge in [0.15, 0.2) is 0 Å². The van der Waals surface area contributed by atoms with Crippen LogP contribution in [-0.2, 0) is 4.79 Å². The van der Waals surface area contributed by atoms with Crippen LogP contribution in [0.4, 0.5) is 11.4 Å². The molecule has 0 radical (unpaired) electrons. The third-order valence-corrected chi connectivity index (χ3v) is 3.95. The highest BCUT2D eigenvalue weighted by atomic mass is 16.5. The van der Waals surface area contributed by atoms with Crippen LogP contribution in [0.15, 0.2) is 18.2 Å². The van der Waals surface area contributed by atoms with Gasteiger partial charge >= 0.3 is 0 Å². The largest absolute Gasteiger partial charge is 0.484 e. The van der Waals surface area contributed by atoms with Crippen LogP contribution in [0.25, 0.3) is 0 Å². The van der Waals surface area contributed by atoms with E-state index in [1.165, 1.54) is 0 Å². The Morgan fingerprint density at radius 1 is 1.30 bits per heavy atom. The van der Waals surface area contributed by atoms with Gasteiger partial charge in [-0.15, -0.1) is 0 Å². The topological polar surface area (TPSA) is 58.8 Å². The zero-order valence-electron chi connectivity index (χ0n) is 14.8. The molecule has 2 rings (SSSR count). The maximum Gasteiger partial charge on any atom is 0.242 e. The number of amides is 1. The van der Waals surface area contributed by atoms with Crippen LogP contribution < -0.4 is 15.4 Å². The summed E-state index contributed by atoms with van der Waals surface area (Å²) in [4.78, 5) is 16.8. The van der Waals surface area contributed by atoms with E-state index in [2.05, 4.69) is 18.7 Å². The van der Waals surface area contributed by atoms with E-state index in [0.717, 1.165) is 37.4 Å². The number of ether oxygens (including phenoxy) is 1. The molecule has 5 nitrogen and oxygen atoms in total. The highest BCUT2D eigenvalue weighted by molar-refractivity contribution is 5.83. The van der Waals surface area contributed by atoms with Crippen molar-refractivity contribution in [1.82, 2.24) is 4.90 Å². The molecule has 0 fully saturated rings. The normalized spacial score (nSPS) is 15.7. The lowest BCUT2D eigenvalue weighted by molar-refractivity contribution is -0.129. The lowest BCUT2D eigenvalue weighted by Crippen LogP contribution is -2.50. The Kier molecular flexibility index (Phi) is 5.39. The minimum atomic E-state index is -0.346. The van der Waals surface area contributed by atoms with E-state index in [9.17, 15) is 4.79 Å². The van der Waals surface area contributed by atoms with Crippen LogP contribution in [0.2, 0.25) is 0 Å². The Bertz CT molecular complexity index is 551. The number of nitrogens with two attached hydrogens (primary N) is 1. The van der Waals surface area contributed by atoms with Crippen molar-refractivity contribution in [3.05, 3.63) is 18.2 Å². The molecule has 0 aromatic heterocycles. The van der Waals surface area contributed by atoms with Gasteiger partial charge < -0.3 is 20.3 Å². The number of hydrogen-bond donors (Lipinski definition) is 1. The maximum absolute atomic E-state index is 12.7. The summed E-state index contributed by atoms with van der Waals surface area (Å²) >= 11 is 0. The molecule has 0 saturated carbocycles. The second kappa shape index (κ2) is 7.11. The molecule has 1 aromatic rings. The summed E-state index contributed by atoms with van der Waals surface area (Å²) in [7, 11) is 0. The van der Waals surface area contributed by atoms with Crippen LogP contribution in [0.3, 0.4) is 0 Å². The van der Waals surface area contributed by atoms with Crippen LogP contribution in [0.1, 0.15) is 40.5 Å². The number of anilines is 2. The fourth-order valence-corrected chi connectivity index (χ4v) is 3.05. The maximum atomic E-state index is 12.7. The number of nitrogen functional groups attached to an aromatic ring is 1. The lowest BCUT2D eigenvalue weighted by atomic mass is 10.0. The summed E-state index contributed by atoms with van der Waals surface area (Å²) in [5.41, 5.74) is 7.14. The van der Waals surface area contributed by atoms with Crippen molar-refractivity contribution in [2.45, 2.75) is 46.1 Å². The molecule has 1 heterocycles. The highest BCUT2D eigenvalue weighted by Gasteiger charge is 2.33. The third kappa shape index (κ3) is 4.30. The molecule has 0 spiro atoms. The van der Waals surface area contributed by atoms with E-state index < -0.39 is 0 Å². The third-order valence-electron chi connectivity index (χ3n) is 3.95. The molecular formula is C18H29N3O2. The summed E-state index contributed by atoms with van der Waals surface area (Å²) in [5.74, 6) is 0.931. The van der Waals surface area contributed by atoms with Gasteiger partial charge in [0.25, 0.3) is 0 Å². The molecule has 128 valence electrons. The summed E-state index contributed by atoms with van der Waals surface area (Å²) in [6.07, 6.45) is 1.96. The van der Waals surface area contributed by atoms with Gasteiger partial charge in [0.2, 0.25) is 5.91 Å². The van der Waals surface area contributed by atoms with Gasteiger partial charge in [-0.05, 0) is 38.8 Å². The quantitative estimate of drug-likeness (QED) is 0.819. The summed E-state index contributed by atoms with van der Waals surface area (Å²) in [6, 6.07) is 5.63. The van der Waals surface area contributed by atoms with Crippen LogP contribution in [-0.4, -0.2) is 42.6 Å². The molecule has 0 atom stereocenters. The second-order valence-electron chi connectivity index (χ2n) is 6.83. The zero-order chi connectivity index (χ0) is 17.0. The summed E-state index contributed by atoms with van der Waals surface area (Å²) < 4.78 is 6.02. The first kappa shape index (κ1) is 17.4. The summed E-state index contributed by atoms with van der Waals surface area (Å²) in [6.45, 7) is 11.0. The first-order valence-electron chi connectivity index (χ1n) is 8.47. The number of benzene rings is 1. The van der Waals surface area contributed by atoms with Crippen LogP contribution in [0, 0.1) is 0 Å². The van der Waals surface area contributed by atoms with Gasteiger partial charge in [-0.3, -0.25) is 4.79 Å². The Labute approximate surface area is 139 Å². The molecule has 5 heteroatoms. The fourth-order valence-electron chi connectivity index (χ4n) is 3.05. The molecular weight excluding hydrogens is 290 g/mol. The minimum Gasteiger partial charge on any atom is -0.484 e. The predicted octanol–water partition coefficient (Wildman–Crippen LogP) is 2.89. The van der Waals surface area contributed by atoms with Gasteiger partial charge in [0, 0.05) is 24.8 Å². The van der Waals surface area contributed by atoms with Crippen LogP contribution in [0.5, 0.6) is 5.75 Å². The number of carbonyl (C=O) groups is 1. The van der Waals surface area contributed by atoms with E-state index in [4.69, 9.17) is 10.5 Å². The molecule has 2 N–H and O–H groups in total. The van der Waals surface area contributed by atoms with Gasteiger partial charge in [-0.1, -0.05) is 13.8 Å². The minimum absolute atomic E-state index is 0.175. The van der Waals surface area contributed by atoms with E-state index in [-0.39, 0.29) is 11.5 Å². The number of hydrogen-bond acceptors (Lipinski definition) is 4. The molecule has 0 saturated heterocycles. The van der Waals surface area contributed by atoms with E-state index >= 15 is 0 Å². The predicted molar refractivity (Wildman–Crippen MR) is 94.9 cm³/mol. The van der Waals surface area contributed by atoms with Gasteiger partial charge in [-0.2, -0.15) is 0 Å². The molecule has 1 aliphatic heterocycles.